The molecule has 1 amide bonds. The third kappa shape index (κ3) is 5.36. The minimum absolute atomic E-state index is 0.0122. The first-order valence-electron chi connectivity index (χ1n) is 9.76. The molecule has 0 spiro atoms. The van der Waals surface area contributed by atoms with Crippen LogP contribution in [0.5, 0.6) is 0 Å². The van der Waals surface area contributed by atoms with Gasteiger partial charge in [0.2, 0.25) is 5.91 Å². The molecule has 0 radical (unpaired) electrons. The molecule has 2 aromatic carbocycles. The Bertz CT molecular complexity index is 1060. The second-order valence-corrected chi connectivity index (χ2v) is 8.22. The molecule has 0 saturated heterocycles. The van der Waals surface area contributed by atoms with Crippen LogP contribution in [0.25, 0.3) is 11.4 Å². The number of H-pyrrole nitrogens is 1. The predicted molar refractivity (Wildman–Crippen MR) is 123 cm³/mol. The molecule has 0 bridgehead atoms. The van der Waals surface area contributed by atoms with E-state index in [4.69, 9.17) is 23.8 Å². The van der Waals surface area contributed by atoms with Crippen LogP contribution in [-0.4, -0.2) is 46.2 Å². The minimum atomic E-state index is -0.0492. The van der Waals surface area contributed by atoms with Crippen molar-refractivity contribution >= 4 is 29.7 Å². The zero-order valence-corrected chi connectivity index (χ0v) is 18.9. The summed E-state index contributed by atoms with van der Waals surface area (Å²) in [6.45, 7) is 2.95. The van der Waals surface area contributed by atoms with Crippen LogP contribution in [-0.2, 0) is 11.3 Å². The number of rotatable bonds is 8. The number of carbonyl (C=O) groups is 1. The lowest BCUT2D eigenvalue weighted by Gasteiger charge is -2.26. The molecule has 30 heavy (non-hydrogen) atoms. The van der Waals surface area contributed by atoms with Gasteiger partial charge in [0.1, 0.15) is 0 Å². The molecule has 0 fully saturated rings. The van der Waals surface area contributed by atoms with Crippen molar-refractivity contribution in [3.05, 3.63) is 69.5 Å². The van der Waals surface area contributed by atoms with Gasteiger partial charge in [0.15, 0.2) is 10.6 Å². The van der Waals surface area contributed by atoms with Crippen molar-refractivity contribution in [3.8, 4) is 11.4 Å². The maximum absolute atomic E-state index is 12.5. The summed E-state index contributed by atoms with van der Waals surface area (Å²) in [6, 6.07) is 15.7. The number of benzene rings is 2. The molecule has 6 nitrogen and oxygen atoms in total. The van der Waals surface area contributed by atoms with Crippen molar-refractivity contribution in [2.45, 2.75) is 25.9 Å². The Labute approximate surface area is 186 Å². The first-order valence-corrected chi connectivity index (χ1v) is 10.5. The number of aromatic nitrogens is 3. The number of carbonyl (C=O) groups excluding carboxylic acids is 1. The quantitative estimate of drug-likeness (QED) is 0.507. The summed E-state index contributed by atoms with van der Waals surface area (Å²) in [6.07, 6.45) is 0.301. The van der Waals surface area contributed by atoms with Gasteiger partial charge < -0.3 is 10.2 Å². The van der Waals surface area contributed by atoms with Gasteiger partial charge in [-0.1, -0.05) is 59.6 Å². The van der Waals surface area contributed by atoms with E-state index in [2.05, 4.69) is 15.5 Å². The van der Waals surface area contributed by atoms with Gasteiger partial charge in [0.05, 0.1) is 6.04 Å². The number of nitrogens with zero attached hydrogens (tertiary/aromatic N) is 3. The summed E-state index contributed by atoms with van der Waals surface area (Å²) < 4.78 is 2.36. The molecule has 1 atom stereocenters. The number of hydrogen-bond acceptors (Lipinski definition) is 4. The maximum Gasteiger partial charge on any atom is 0.221 e. The highest BCUT2D eigenvalue weighted by Gasteiger charge is 2.18. The van der Waals surface area contributed by atoms with E-state index < -0.39 is 0 Å². The summed E-state index contributed by atoms with van der Waals surface area (Å²) in [5, 5.41) is 10.9. The number of likely N-dealkylation sites (N-methyl/N-ethyl adjacent to an activating group) is 1. The van der Waals surface area contributed by atoms with E-state index in [0.29, 0.717) is 29.3 Å². The largest absolute Gasteiger partial charge is 0.354 e. The van der Waals surface area contributed by atoms with E-state index in [1.807, 2.05) is 79.0 Å². The van der Waals surface area contributed by atoms with E-state index in [9.17, 15) is 4.79 Å². The first-order chi connectivity index (χ1) is 14.4. The summed E-state index contributed by atoms with van der Waals surface area (Å²) in [4.78, 5) is 14.6. The van der Waals surface area contributed by atoms with Gasteiger partial charge in [0.25, 0.3) is 0 Å². The van der Waals surface area contributed by atoms with Crippen LogP contribution in [0.3, 0.4) is 0 Å². The van der Waals surface area contributed by atoms with Crippen molar-refractivity contribution in [3.63, 3.8) is 0 Å². The van der Waals surface area contributed by atoms with Crippen molar-refractivity contribution in [2.24, 2.45) is 0 Å². The van der Waals surface area contributed by atoms with Crippen molar-refractivity contribution < 1.29 is 4.79 Å². The fourth-order valence-corrected chi connectivity index (χ4v) is 3.76. The molecule has 3 rings (SSSR count). The van der Waals surface area contributed by atoms with Crippen LogP contribution in [0.2, 0.25) is 5.02 Å². The molecule has 158 valence electrons. The van der Waals surface area contributed by atoms with Crippen LogP contribution in [0.1, 0.15) is 23.6 Å². The smallest absolute Gasteiger partial charge is 0.221 e. The highest BCUT2D eigenvalue weighted by Crippen LogP contribution is 2.25. The maximum atomic E-state index is 12.5. The minimum Gasteiger partial charge on any atom is -0.354 e. The standard InChI is InChI=1S/C22H26ClN5OS/c1-15-8-10-16(11-9-15)21-25-26-22(30)28(21)13-12-20(29)24-14-19(27(2)3)17-6-4-5-7-18(17)23/h4-11,19H,12-14H2,1-3H3,(H,24,29)(H,26,30). The van der Waals surface area contributed by atoms with E-state index in [1.165, 1.54) is 5.56 Å². The molecule has 0 aliphatic rings. The molecule has 8 heteroatoms. The predicted octanol–water partition coefficient (Wildman–Crippen LogP) is 4.38. The number of nitrogens with one attached hydrogen (secondary N) is 2. The third-order valence-electron chi connectivity index (χ3n) is 5.01. The Morgan fingerprint density at radius 2 is 1.93 bits per heavy atom. The van der Waals surface area contributed by atoms with Gasteiger partial charge in [0, 0.05) is 30.1 Å². The number of amides is 1. The zero-order valence-electron chi connectivity index (χ0n) is 17.4. The van der Waals surface area contributed by atoms with Crippen molar-refractivity contribution in [1.29, 1.82) is 0 Å². The van der Waals surface area contributed by atoms with Gasteiger partial charge in [-0.2, -0.15) is 5.10 Å². The van der Waals surface area contributed by atoms with Crippen LogP contribution in [0.4, 0.5) is 0 Å². The number of halogens is 1. The first kappa shape index (κ1) is 22.2. The fourth-order valence-electron chi connectivity index (χ4n) is 3.28. The van der Waals surface area contributed by atoms with Crippen LogP contribution < -0.4 is 5.32 Å². The Kier molecular flexibility index (Phi) is 7.42. The zero-order chi connectivity index (χ0) is 21.7. The molecule has 3 aromatic rings. The van der Waals surface area contributed by atoms with Crippen molar-refractivity contribution in [2.75, 3.05) is 20.6 Å². The van der Waals surface area contributed by atoms with Crippen LogP contribution in [0, 0.1) is 11.7 Å². The van der Waals surface area contributed by atoms with E-state index >= 15 is 0 Å². The molecule has 1 aromatic heterocycles. The SMILES string of the molecule is Cc1ccc(-c2n[nH]c(=S)n2CCC(=O)NCC(c2ccccc2Cl)N(C)C)cc1. The topological polar surface area (TPSA) is 66.0 Å². The van der Waals surface area contributed by atoms with Crippen molar-refractivity contribution in [1.82, 2.24) is 25.0 Å². The summed E-state index contributed by atoms with van der Waals surface area (Å²) in [7, 11) is 3.94. The summed E-state index contributed by atoms with van der Waals surface area (Å²) in [5.74, 6) is 0.682. The molecular weight excluding hydrogens is 418 g/mol. The summed E-state index contributed by atoms with van der Waals surface area (Å²) >= 11 is 11.7. The highest BCUT2D eigenvalue weighted by molar-refractivity contribution is 7.71. The Balaban J connectivity index is 1.64. The molecule has 0 aliphatic carbocycles. The normalized spacial score (nSPS) is 12.2. The second-order valence-electron chi connectivity index (χ2n) is 7.43. The van der Waals surface area contributed by atoms with Crippen LogP contribution >= 0.6 is 23.8 Å². The third-order valence-corrected chi connectivity index (χ3v) is 5.67. The average molecular weight is 444 g/mol. The molecule has 2 N–H and O–H groups in total. The number of hydrogen-bond donors (Lipinski definition) is 2. The Morgan fingerprint density at radius 3 is 2.60 bits per heavy atom. The van der Waals surface area contributed by atoms with Gasteiger partial charge >= 0.3 is 0 Å². The molecule has 1 heterocycles. The number of aryl methyl sites for hydroxylation is 1. The molecule has 1 unspecified atom stereocenters. The van der Waals surface area contributed by atoms with Gasteiger partial charge in [-0.25, -0.2) is 0 Å². The van der Waals surface area contributed by atoms with E-state index in [-0.39, 0.29) is 11.9 Å². The second kappa shape index (κ2) is 10.0. The fraction of sp³-hybridized carbons (Fsp3) is 0.318. The lowest BCUT2D eigenvalue weighted by Crippen LogP contribution is -2.35. The monoisotopic (exact) mass is 443 g/mol. The lowest BCUT2D eigenvalue weighted by atomic mass is 10.1. The molecular formula is C22H26ClN5OS. The molecule has 0 aliphatic heterocycles. The highest BCUT2D eigenvalue weighted by atomic mass is 35.5. The van der Waals surface area contributed by atoms with Gasteiger partial charge in [-0.3, -0.25) is 14.5 Å². The van der Waals surface area contributed by atoms with E-state index in [0.717, 1.165) is 17.0 Å². The van der Waals surface area contributed by atoms with Gasteiger partial charge in [-0.05, 0) is 44.9 Å². The van der Waals surface area contributed by atoms with Gasteiger partial charge in [-0.15, -0.1) is 0 Å². The van der Waals surface area contributed by atoms with E-state index in [1.54, 1.807) is 0 Å². The average Bonchev–Trinajstić information content (AvgIpc) is 3.08. The number of aromatic amines is 1. The summed E-state index contributed by atoms with van der Waals surface area (Å²) in [5.41, 5.74) is 3.12. The molecule has 0 saturated carbocycles. The van der Waals surface area contributed by atoms with Crippen LogP contribution in [0.15, 0.2) is 48.5 Å². The Hall–Kier alpha value is -2.48. The Morgan fingerprint density at radius 1 is 1.23 bits per heavy atom. The lowest BCUT2D eigenvalue weighted by molar-refractivity contribution is -0.121.